The van der Waals surface area contributed by atoms with Crippen molar-refractivity contribution in [1.29, 1.82) is 0 Å². The third-order valence-electron chi connectivity index (χ3n) is 3.60. The van der Waals surface area contributed by atoms with Gasteiger partial charge in [-0.3, -0.25) is 4.98 Å². The van der Waals surface area contributed by atoms with Gasteiger partial charge in [0.05, 0.1) is 21.8 Å². The number of pyridine rings is 1. The van der Waals surface area contributed by atoms with Crippen molar-refractivity contribution in [3.8, 4) is 0 Å². The summed E-state index contributed by atoms with van der Waals surface area (Å²) >= 11 is 6.15. The first-order valence-corrected chi connectivity index (χ1v) is 6.79. The zero-order valence-electron chi connectivity index (χ0n) is 11.4. The zero-order valence-corrected chi connectivity index (χ0v) is 12.2. The van der Waals surface area contributed by atoms with Gasteiger partial charge in [0.2, 0.25) is 0 Å². The van der Waals surface area contributed by atoms with Crippen LogP contribution in [0, 0.1) is 5.92 Å². The van der Waals surface area contributed by atoms with Gasteiger partial charge in [-0.2, -0.15) is 0 Å². The number of fused-ring (bicyclic) bond motifs is 1. The quantitative estimate of drug-likeness (QED) is 0.896. The van der Waals surface area contributed by atoms with Crippen molar-refractivity contribution in [2.45, 2.75) is 26.4 Å². The van der Waals surface area contributed by atoms with Gasteiger partial charge in [0.25, 0.3) is 0 Å². The predicted molar refractivity (Wildman–Crippen MR) is 80.7 cm³/mol. The van der Waals surface area contributed by atoms with Gasteiger partial charge in [0, 0.05) is 18.1 Å². The smallest absolute Gasteiger partial charge is 0.0948 e. The lowest BCUT2D eigenvalue weighted by Gasteiger charge is -2.28. The van der Waals surface area contributed by atoms with Gasteiger partial charge in [-0.25, -0.2) is 0 Å². The van der Waals surface area contributed by atoms with E-state index in [2.05, 4.69) is 10.3 Å². The van der Waals surface area contributed by atoms with Crippen LogP contribution in [0.1, 0.15) is 20.8 Å². The molecule has 1 unspecified atom stereocenters. The highest BCUT2D eigenvalue weighted by atomic mass is 35.5. The number of anilines is 1. The van der Waals surface area contributed by atoms with Gasteiger partial charge in [0.1, 0.15) is 0 Å². The fourth-order valence-electron chi connectivity index (χ4n) is 1.76. The van der Waals surface area contributed by atoms with Crippen molar-refractivity contribution < 1.29 is 5.11 Å². The molecule has 3 nitrogen and oxygen atoms in total. The molecule has 19 heavy (non-hydrogen) atoms. The van der Waals surface area contributed by atoms with Crippen molar-refractivity contribution >= 4 is 28.2 Å². The highest BCUT2D eigenvalue weighted by molar-refractivity contribution is 6.35. The van der Waals surface area contributed by atoms with Crippen molar-refractivity contribution in [3.05, 3.63) is 35.5 Å². The number of nitrogens with one attached hydrogen (secondary N) is 1. The molecular weight excluding hydrogens is 260 g/mol. The van der Waals surface area contributed by atoms with E-state index in [4.69, 9.17) is 11.6 Å². The molecule has 4 heteroatoms. The van der Waals surface area contributed by atoms with E-state index in [1.165, 1.54) is 0 Å². The maximum absolute atomic E-state index is 10.3. The Morgan fingerprint density at radius 1 is 1.37 bits per heavy atom. The highest BCUT2D eigenvalue weighted by Crippen LogP contribution is 2.28. The van der Waals surface area contributed by atoms with Gasteiger partial charge in [-0.05, 0) is 37.1 Å². The van der Waals surface area contributed by atoms with Crippen molar-refractivity contribution in [1.82, 2.24) is 4.98 Å². The lowest BCUT2D eigenvalue weighted by molar-refractivity contribution is 0.0266. The molecule has 1 heterocycles. The molecule has 102 valence electrons. The molecule has 0 fully saturated rings. The van der Waals surface area contributed by atoms with Gasteiger partial charge in [-0.15, -0.1) is 0 Å². The molecule has 1 aromatic carbocycles. The van der Waals surface area contributed by atoms with Crippen LogP contribution >= 0.6 is 11.6 Å². The molecule has 0 saturated carbocycles. The van der Waals surface area contributed by atoms with Gasteiger partial charge in [-0.1, -0.05) is 25.4 Å². The molecule has 0 spiro atoms. The number of hydrogen-bond acceptors (Lipinski definition) is 3. The van der Waals surface area contributed by atoms with Crippen molar-refractivity contribution in [3.63, 3.8) is 0 Å². The first kappa shape index (κ1) is 14.1. The molecule has 0 aliphatic carbocycles. The summed E-state index contributed by atoms with van der Waals surface area (Å²) in [5.41, 5.74) is 0.955. The minimum absolute atomic E-state index is 0.173. The maximum atomic E-state index is 10.3. The Labute approximate surface area is 118 Å². The molecule has 0 amide bonds. The van der Waals surface area contributed by atoms with E-state index < -0.39 is 5.60 Å². The first-order valence-electron chi connectivity index (χ1n) is 6.41. The number of rotatable bonds is 4. The summed E-state index contributed by atoms with van der Waals surface area (Å²) in [4.78, 5) is 4.36. The molecule has 0 bridgehead atoms. The number of aliphatic hydroxyl groups is 1. The van der Waals surface area contributed by atoms with Crippen LogP contribution in [-0.4, -0.2) is 22.2 Å². The van der Waals surface area contributed by atoms with E-state index in [-0.39, 0.29) is 5.92 Å². The molecule has 2 rings (SSSR count). The van der Waals surface area contributed by atoms with Crippen LogP contribution in [0.2, 0.25) is 5.02 Å². The fourth-order valence-corrected chi connectivity index (χ4v) is 1.97. The molecule has 0 aliphatic heterocycles. The predicted octanol–water partition coefficient (Wildman–Crippen LogP) is 3.71. The lowest BCUT2D eigenvalue weighted by Crippen LogP contribution is -2.38. The van der Waals surface area contributed by atoms with Crippen LogP contribution < -0.4 is 5.32 Å². The van der Waals surface area contributed by atoms with Crippen LogP contribution in [0.25, 0.3) is 10.9 Å². The maximum Gasteiger partial charge on any atom is 0.0948 e. The summed E-state index contributed by atoms with van der Waals surface area (Å²) < 4.78 is 0. The van der Waals surface area contributed by atoms with E-state index in [0.717, 1.165) is 16.6 Å². The van der Waals surface area contributed by atoms with Crippen molar-refractivity contribution in [2.24, 2.45) is 5.92 Å². The van der Waals surface area contributed by atoms with Gasteiger partial charge >= 0.3 is 0 Å². The van der Waals surface area contributed by atoms with E-state index >= 15 is 0 Å². The summed E-state index contributed by atoms with van der Waals surface area (Å²) in [6.07, 6.45) is 1.74. The largest absolute Gasteiger partial charge is 0.388 e. The topological polar surface area (TPSA) is 45.1 Å². The zero-order chi connectivity index (χ0) is 14.0. The Bertz CT molecular complexity index is 581. The Kier molecular flexibility index (Phi) is 3.97. The Morgan fingerprint density at radius 2 is 2.11 bits per heavy atom. The summed E-state index contributed by atoms with van der Waals surface area (Å²) in [6, 6.07) is 7.55. The Hall–Kier alpha value is -1.32. The molecule has 1 atom stereocenters. The fraction of sp³-hybridized carbons (Fsp3) is 0.400. The molecule has 2 aromatic rings. The number of benzene rings is 1. The Balaban J connectivity index is 2.29. The van der Waals surface area contributed by atoms with E-state index in [0.29, 0.717) is 11.6 Å². The molecule has 0 saturated heterocycles. The van der Waals surface area contributed by atoms with Crippen LogP contribution in [0.15, 0.2) is 30.5 Å². The normalized spacial score (nSPS) is 14.6. The molecule has 1 aromatic heterocycles. The van der Waals surface area contributed by atoms with E-state index in [9.17, 15) is 5.11 Å². The highest BCUT2D eigenvalue weighted by Gasteiger charge is 2.24. The second-order valence-electron chi connectivity index (χ2n) is 5.36. The lowest BCUT2D eigenvalue weighted by atomic mass is 9.92. The second kappa shape index (κ2) is 5.35. The number of aromatic nitrogens is 1. The number of hydrogen-bond donors (Lipinski definition) is 2. The summed E-state index contributed by atoms with van der Waals surface area (Å²) in [7, 11) is 0. The van der Waals surface area contributed by atoms with Crippen LogP contribution in [0.4, 0.5) is 5.69 Å². The van der Waals surface area contributed by atoms with Crippen LogP contribution in [0.3, 0.4) is 0 Å². The first-order chi connectivity index (χ1) is 8.92. The summed E-state index contributed by atoms with van der Waals surface area (Å²) in [5.74, 6) is 0.173. The Morgan fingerprint density at radius 3 is 2.79 bits per heavy atom. The monoisotopic (exact) mass is 278 g/mol. The van der Waals surface area contributed by atoms with E-state index in [1.54, 1.807) is 6.20 Å². The van der Waals surface area contributed by atoms with Crippen LogP contribution in [0.5, 0.6) is 0 Å². The second-order valence-corrected chi connectivity index (χ2v) is 5.77. The number of halogens is 1. The summed E-state index contributed by atoms with van der Waals surface area (Å²) in [6.45, 7) is 6.30. The SMILES string of the molecule is CC(C)C(C)(O)CNc1ccc(Cl)c2cccnc12. The molecule has 2 N–H and O–H groups in total. The third-order valence-corrected chi connectivity index (χ3v) is 3.93. The van der Waals surface area contributed by atoms with Gasteiger partial charge in [0.15, 0.2) is 0 Å². The summed E-state index contributed by atoms with van der Waals surface area (Å²) in [5, 5.41) is 15.1. The average molecular weight is 279 g/mol. The minimum Gasteiger partial charge on any atom is -0.388 e. The van der Waals surface area contributed by atoms with Crippen LogP contribution in [-0.2, 0) is 0 Å². The van der Waals surface area contributed by atoms with Gasteiger partial charge < -0.3 is 10.4 Å². The number of nitrogens with zero attached hydrogens (tertiary/aromatic N) is 1. The minimum atomic E-state index is -0.763. The molecular formula is C15H19ClN2O. The third kappa shape index (κ3) is 2.99. The van der Waals surface area contributed by atoms with E-state index in [1.807, 2.05) is 45.0 Å². The average Bonchev–Trinajstić information content (AvgIpc) is 2.38. The molecule has 0 radical (unpaired) electrons. The van der Waals surface area contributed by atoms with Crippen molar-refractivity contribution in [2.75, 3.05) is 11.9 Å². The standard InChI is InChI=1S/C15H19ClN2O/c1-10(2)15(3,19)9-18-13-7-6-12(16)11-5-4-8-17-14(11)13/h4-8,10,18-19H,9H2,1-3H3. The molecule has 0 aliphatic rings.